The van der Waals surface area contributed by atoms with Gasteiger partial charge in [-0.25, -0.2) is 0 Å². The summed E-state index contributed by atoms with van der Waals surface area (Å²) in [6.45, 7) is 2.28. The maximum Gasteiger partial charge on any atom is 0.266 e. The number of halogens is 2. The van der Waals surface area contributed by atoms with Crippen molar-refractivity contribution in [3.8, 4) is 0 Å². The fraction of sp³-hybridized carbons (Fsp3) is 0.692. The molecule has 0 N–H and O–H groups in total. The maximum atomic E-state index is 12.1. The van der Waals surface area contributed by atoms with Crippen molar-refractivity contribution in [3.63, 3.8) is 0 Å². The molecule has 1 aliphatic rings. The lowest BCUT2D eigenvalue weighted by atomic mass is 9.77. The van der Waals surface area contributed by atoms with E-state index in [-0.39, 0.29) is 0 Å². The first-order valence-corrected chi connectivity index (χ1v) is 11.8. The Labute approximate surface area is 171 Å². The molecule has 0 spiro atoms. The second-order valence-corrected chi connectivity index (χ2v) is 8.76. The van der Waals surface area contributed by atoms with Crippen molar-refractivity contribution in [3.05, 3.63) is 47.5 Å². The van der Waals surface area contributed by atoms with Crippen molar-refractivity contribution in [2.24, 2.45) is 5.92 Å². The lowest BCUT2D eigenvalue weighted by molar-refractivity contribution is 0.301. The van der Waals surface area contributed by atoms with Gasteiger partial charge in [0.1, 0.15) is 0 Å². The molecular formula is C26H40F2. The van der Waals surface area contributed by atoms with Crippen molar-refractivity contribution >= 4 is 0 Å². The van der Waals surface area contributed by atoms with Crippen LogP contribution in [0.1, 0.15) is 114 Å². The van der Waals surface area contributed by atoms with E-state index in [1.165, 1.54) is 89.0 Å². The molecule has 1 aromatic carbocycles. The van der Waals surface area contributed by atoms with Gasteiger partial charge in [0.25, 0.3) is 6.08 Å². The Morgan fingerprint density at radius 2 is 1.46 bits per heavy atom. The Kier molecular flexibility index (Phi) is 11.5. The van der Waals surface area contributed by atoms with Crippen molar-refractivity contribution in [1.29, 1.82) is 0 Å². The van der Waals surface area contributed by atoms with E-state index in [1.54, 1.807) is 0 Å². The molecule has 0 radical (unpaired) electrons. The van der Waals surface area contributed by atoms with Gasteiger partial charge in [0, 0.05) is 0 Å². The first kappa shape index (κ1) is 23.1. The molecule has 1 fully saturated rings. The molecule has 0 nitrogen and oxygen atoms in total. The Bertz CT molecular complexity index is 534. The van der Waals surface area contributed by atoms with E-state index in [9.17, 15) is 8.78 Å². The highest BCUT2D eigenvalue weighted by Crippen LogP contribution is 2.37. The van der Waals surface area contributed by atoms with Gasteiger partial charge in [0.15, 0.2) is 0 Å². The predicted molar refractivity (Wildman–Crippen MR) is 117 cm³/mol. The highest BCUT2D eigenvalue weighted by Gasteiger charge is 2.21. The van der Waals surface area contributed by atoms with E-state index in [1.807, 2.05) is 0 Å². The maximum absolute atomic E-state index is 12.1. The van der Waals surface area contributed by atoms with Gasteiger partial charge in [-0.2, -0.15) is 8.78 Å². The number of rotatable bonds is 13. The minimum absolute atomic E-state index is 0.422. The van der Waals surface area contributed by atoms with Crippen LogP contribution in [0.25, 0.3) is 0 Å². The van der Waals surface area contributed by atoms with Crippen molar-refractivity contribution < 1.29 is 8.78 Å². The Morgan fingerprint density at radius 3 is 2.07 bits per heavy atom. The highest BCUT2D eigenvalue weighted by molar-refractivity contribution is 5.26. The van der Waals surface area contributed by atoms with E-state index in [0.29, 0.717) is 18.8 Å². The molecule has 2 rings (SSSR count). The third kappa shape index (κ3) is 9.34. The summed E-state index contributed by atoms with van der Waals surface area (Å²) in [7, 11) is 0. The van der Waals surface area contributed by atoms with Crippen molar-refractivity contribution in [2.75, 3.05) is 0 Å². The first-order chi connectivity index (χ1) is 13.7. The van der Waals surface area contributed by atoms with Gasteiger partial charge < -0.3 is 0 Å². The van der Waals surface area contributed by atoms with E-state index in [0.717, 1.165) is 17.6 Å². The summed E-state index contributed by atoms with van der Waals surface area (Å²) in [5.41, 5.74) is 2.60. The van der Waals surface area contributed by atoms with E-state index in [4.69, 9.17) is 0 Å². The van der Waals surface area contributed by atoms with Gasteiger partial charge in [-0.3, -0.25) is 0 Å². The third-order valence-electron chi connectivity index (χ3n) is 6.50. The summed E-state index contributed by atoms with van der Waals surface area (Å²) in [6.07, 6.45) is 18.7. The normalized spacial score (nSPS) is 19.5. The standard InChI is InChI=1S/C26H40F2/c1-2-3-4-5-6-7-8-9-11-22-14-18-24(19-15-22)25-20-16-23(17-21-25)12-10-13-26(27)28/h13,16-17,20-22,24H,2-12,14-15,18-19H2,1H3. The molecule has 158 valence electrons. The van der Waals surface area contributed by atoms with Gasteiger partial charge in [-0.1, -0.05) is 89.0 Å². The largest absolute Gasteiger partial charge is 0.266 e. The number of allylic oxidation sites excluding steroid dienone is 1. The van der Waals surface area contributed by atoms with Crippen LogP contribution in [0.5, 0.6) is 0 Å². The lowest BCUT2D eigenvalue weighted by Crippen LogP contribution is -2.13. The summed E-state index contributed by atoms with van der Waals surface area (Å²) >= 11 is 0. The summed E-state index contributed by atoms with van der Waals surface area (Å²) in [6, 6.07) is 8.72. The summed E-state index contributed by atoms with van der Waals surface area (Å²) in [5.74, 6) is 1.64. The van der Waals surface area contributed by atoms with Gasteiger partial charge in [-0.15, -0.1) is 0 Å². The Balaban J connectivity index is 1.58. The SMILES string of the molecule is CCCCCCCCCCC1CCC(c2ccc(CCC=C(F)F)cc2)CC1. The topological polar surface area (TPSA) is 0 Å². The molecule has 1 aliphatic carbocycles. The van der Waals surface area contributed by atoms with Gasteiger partial charge in [0.05, 0.1) is 0 Å². The second-order valence-electron chi connectivity index (χ2n) is 8.76. The minimum Gasteiger partial charge on any atom is -0.174 e. The summed E-state index contributed by atoms with van der Waals surface area (Å²) < 4.78 is 24.2. The van der Waals surface area contributed by atoms with E-state index < -0.39 is 6.08 Å². The quantitative estimate of drug-likeness (QED) is 0.294. The molecule has 28 heavy (non-hydrogen) atoms. The van der Waals surface area contributed by atoms with Crippen LogP contribution in [0.4, 0.5) is 8.78 Å². The van der Waals surface area contributed by atoms with Gasteiger partial charge in [0.2, 0.25) is 0 Å². The fourth-order valence-electron chi connectivity index (χ4n) is 4.66. The molecule has 2 heteroatoms. The van der Waals surface area contributed by atoms with Gasteiger partial charge >= 0.3 is 0 Å². The highest BCUT2D eigenvalue weighted by atomic mass is 19.3. The van der Waals surface area contributed by atoms with Crippen molar-refractivity contribution in [2.45, 2.75) is 109 Å². The fourth-order valence-corrected chi connectivity index (χ4v) is 4.66. The summed E-state index contributed by atoms with van der Waals surface area (Å²) in [5, 5.41) is 0. The number of unbranched alkanes of at least 4 members (excludes halogenated alkanes) is 7. The Morgan fingerprint density at radius 1 is 0.857 bits per heavy atom. The van der Waals surface area contributed by atoms with E-state index in [2.05, 4.69) is 31.2 Å². The molecule has 0 amide bonds. The lowest BCUT2D eigenvalue weighted by Gasteiger charge is -2.29. The van der Waals surface area contributed by atoms with Crippen LogP contribution >= 0.6 is 0 Å². The van der Waals surface area contributed by atoms with Crippen LogP contribution in [-0.4, -0.2) is 0 Å². The monoisotopic (exact) mass is 390 g/mol. The van der Waals surface area contributed by atoms with Crippen LogP contribution in [-0.2, 0) is 6.42 Å². The van der Waals surface area contributed by atoms with E-state index >= 15 is 0 Å². The zero-order chi connectivity index (χ0) is 20.0. The van der Waals surface area contributed by atoms with Gasteiger partial charge in [-0.05, 0) is 67.6 Å². The van der Waals surface area contributed by atoms with Crippen LogP contribution in [0.3, 0.4) is 0 Å². The van der Waals surface area contributed by atoms with Crippen molar-refractivity contribution in [1.82, 2.24) is 0 Å². The first-order valence-electron chi connectivity index (χ1n) is 11.8. The molecule has 0 unspecified atom stereocenters. The minimum atomic E-state index is -1.57. The molecule has 0 atom stereocenters. The number of hydrogen-bond donors (Lipinski definition) is 0. The molecule has 0 heterocycles. The predicted octanol–water partition coefficient (Wildman–Crippen LogP) is 9.20. The zero-order valence-corrected chi connectivity index (χ0v) is 17.9. The third-order valence-corrected chi connectivity index (χ3v) is 6.50. The van der Waals surface area contributed by atoms with Crippen LogP contribution in [0, 0.1) is 5.92 Å². The molecule has 0 aliphatic heterocycles. The average Bonchev–Trinajstić information content (AvgIpc) is 2.71. The molecule has 0 aromatic heterocycles. The van der Waals surface area contributed by atoms with Crippen LogP contribution in [0.2, 0.25) is 0 Å². The number of hydrogen-bond acceptors (Lipinski definition) is 0. The molecular weight excluding hydrogens is 350 g/mol. The number of benzene rings is 1. The van der Waals surface area contributed by atoms with Crippen LogP contribution < -0.4 is 0 Å². The zero-order valence-electron chi connectivity index (χ0n) is 17.9. The Hall–Kier alpha value is -1.18. The summed E-state index contributed by atoms with van der Waals surface area (Å²) in [4.78, 5) is 0. The average molecular weight is 391 g/mol. The molecule has 0 bridgehead atoms. The molecule has 0 saturated heterocycles. The van der Waals surface area contributed by atoms with Crippen LogP contribution in [0.15, 0.2) is 36.4 Å². The number of aryl methyl sites for hydroxylation is 1. The molecule has 1 saturated carbocycles. The second kappa shape index (κ2) is 13.9. The smallest absolute Gasteiger partial charge is 0.174 e. The molecule has 1 aromatic rings.